The standard InChI is InChI=1S/C16H28O4/c1-2-3-4-5-6-7-8-9-10-11-12-14(16(19)20)13-15(17)18/h12H,2-11,13H2,1H3,(H,17,18)(H,19,20). The van der Waals surface area contributed by atoms with Crippen LogP contribution in [0.5, 0.6) is 0 Å². The Morgan fingerprint density at radius 1 is 0.850 bits per heavy atom. The van der Waals surface area contributed by atoms with Crippen molar-refractivity contribution >= 4 is 11.9 Å². The molecule has 0 amide bonds. The molecule has 0 saturated carbocycles. The molecule has 0 atom stereocenters. The molecule has 0 aliphatic carbocycles. The molecule has 0 rings (SSSR count). The fourth-order valence-corrected chi connectivity index (χ4v) is 2.13. The van der Waals surface area contributed by atoms with Crippen LogP contribution in [-0.4, -0.2) is 22.2 Å². The maximum Gasteiger partial charge on any atom is 0.331 e. The molecule has 0 aromatic rings. The highest BCUT2D eigenvalue weighted by atomic mass is 16.4. The number of allylic oxidation sites excluding steroid dienone is 1. The minimum Gasteiger partial charge on any atom is -0.481 e. The van der Waals surface area contributed by atoms with Gasteiger partial charge in [-0.15, -0.1) is 0 Å². The highest BCUT2D eigenvalue weighted by Gasteiger charge is 2.10. The van der Waals surface area contributed by atoms with E-state index in [1.807, 2.05) is 0 Å². The van der Waals surface area contributed by atoms with Crippen LogP contribution in [0.25, 0.3) is 0 Å². The van der Waals surface area contributed by atoms with E-state index in [0.29, 0.717) is 6.42 Å². The van der Waals surface area contributed by atoms with Gasteiger partial charge in [-0.25, -0.2) is 4.79 Å². The molecule has 0 aromatic carbocycles. The topological polar surface area (TPSA) is 74.6 Å². The number of carboxylic acids is 2. The second-order valence-corrected chi connectivity index (χ2v) is 5.22. The predicted molar refractivity (Wildman–Crippen MR) is 79.8 cm³/mol. The van der Waals surface area contributed by atoms with Crippen molar-refractivity contribution < 1.29 is 19.8 Å². The number of unbranched alkanes of at least 4 members (excludes halogenated alkanes) is 9. The van der Waals surface area contributed by atoms with Gasteiger partial charge in [-0.3, -0.25) is 4.79 Å². The zero-order chi connectivity index (χ0) is 15.2. The largest absolute Gasteiger partial charge is 0.481 e. The van der Waals surface area contributed by atoms with Crippen molar-refractivity contribution in [3.63, 3.8) is 0 Å². The second-order valence-electron chi connectivity index (χ2n) is 5.22. The van der Waals surface area contributed by atoms with Crippen LogP contribution in [0.15, 0.2) is 11.6 Å². The van der Waals surface area contributed by atoms with E-state index in [-0.39, 0.29) is 5.57 Å². The average molecular weight is 284 g/mol. The molecule has 0 radical (unpaired) electrons. The molecule has 2 N–H and O–H groups in total. The third-order valence-corrected chi connectivity index (χ3v) is 3.31. The number of hydrogen-bond donors (Lipinski definition) is 2. The first-order valence-electron chi connectivity index (χ1n) is 7.72. The fraction of sp³-hybridized carbons (Fsp3) is 0.750. The lowest BCUT2D eigenvalue weighted by atomic mass is 10.1. The third kappa shape index (κ3) is 11.8. The lowest BCUT2D eigenvalue weighted by Gasteiger charge is -2.01. The van der Waals surface area contributed by atoms with Crippen molar-refractivity contribution in [2.45, 2.75) is 77.6 Å². The molecule has 4 heteroatoms. The Labute approximate surface area is 121 Å². The maximum atomic E-state index is 10.8. The van der Waals surface area contributed by atoms with Crippen LogP contribution >= 0.6 is 0 Å². The van der Waals surface area contributed by atoms with Crippen molar-refractivity contribution in [1.82, 2.24) is 0 Å². The molecule has 0 fully saturated rings. The van der Waals surface area contributed by atoms with Crippen LogP contribution in [0.1, 0.15) is 77.6 Å². The van der Waals surface area contributed by atoms with E-state index in [0.717, 1.165) is 12.8 Å². The number of hydrogen-bond acceptors (Lipinski definition) is 2. The van der Waals surface area contributed by atoms with Crippen LogP contribution in [-0.2, 0) is 9.59 Å². The zero-order valence-electron chi connectivity index (χ0n) is 12.6. The summed E-state index contributed by atoms with van der Waals surface area (Å²) >= 11 is 0. The SMILES string of the molecule is CCCCCCCCCCCC=C(CC(=O)O)C(=O)O. The third-order valence-electron chi connectivity index (χ3n) is 3.31. The average Bonchev–Trinajstić information content (AvgIpc) is 2.39. The molecule has 116 valence electrons. The minimum absolute atomic E-state index is 0.00272. The van der Waals surface area contributed by atoms with Crippen molar-refractivity contribution in [2.75, 3.05) is 0 Å². The van der Waals surface area contributed by atoms with Gasteiger partial charge in [0, 0.05) is 5.57 Å². The van der Waals surface area contributed by atoms with E-state index in [9.17, 15) is 9.59 Å². The molecule has 4 nitrogen and oxygen atoms in total. The van der Waals surface area contributed by atoms with Gasteiger partial charge in [-0.1, -0.05) is 64.4 Å². The summed E-state index contributed by atoms with van der Waals surface area (Å²) in [5, 5.41) is 17.4. The van der Waals surface area contributed by atoms with Crippen LogP contribution < -0.4 is 0 Å². The van der Waals surface area contributed by atoms with E-state index >= 15 is 0 Å². The molecule has 0 unspecified atom stereocenters. The molecule has 0 aliphatic heterocycles. The van der Waals surface area contributed by atoms with Gasteiger partial charge < -0.3 is 10.2 Å². The molecule has 0 aliphatic rings. The summed E-state index contributed by atoms with van der Waals surface area (Å²) in [4.78, 5) is 21.3. The van der Waals surface area contributed by atoms with Gasteiger partial charge in [0.2, 0.25) is 0 Å². The van der Waals surface area contributed by atoms with Gasteiger partial charge >= 0.3 is 11.9 Å². The highest BCUT2D eigenvalue weighted by molar-refractivity contribution is 5.91. The van der Waals surface area contributed by atoms with Crippen molar-refractivity contribution in [2.24, 2.45) is 0 Å². The first-order chi connectivity index (χ1) is 9.57. The minimum atomic E-state index is -1.12. The Morgan fingerprint density at radius 3 is 1.80 bits per heavy atom. The summed E-state index contributed by atoms with van der Waals surface area (Å²) in [7, 11) is 0. The van der Waals surface area contributed by atoms with Gasteiger partial charge in [0.15, 0.2) is 0 Å². The Bertz CT molecular complexity index is 308. The van der Waals surface area contributed by atoms with Crippen molar-refractivity contribution in [3.05, 3.63) is 11.6 Å². The normalized spacial score (nSPS) is 11.6. The molecule has 0 bridgehead atoms. The lowest BCUT2D eigenvalue weighted by molar-refractivity contribution is -0.139. The van der Waals surface area contributed by atoms with E-state index < -0.39 is 18.4 Å². The van der Waals surface area contributed by atoms with Crippen LogP contribution in [0.3, 0.4) is 0 Å². The molecule has 0 heterocycles. The molecule has 20 heavy (non-hydrogen) atoms. The summed E-state index contributed by atoms with van der Waals surface area (Å²) < 4.78 is 0. The Morgan fingerprint density at radius 2 is 1.35 bits per heavy atom. The maximum absolute atomic E-state index is 10.8. The quantitative estimate of drug-likeness (QED) is 0.388. The van der Waals surface area contributed by atoms with E-state index in [2.05, 4.69) is 6.92 Å². The first-order valence-corrected chi connectivity index (χ1v) is 7.72. The Hall–Kier alpha value is -1.32. The van der Waals surface area contributed by atoms with Gasteiger partial charge in [-0.05, 0) is 12.8 Å². The van der Waals surface area contributed by atoms with Gasteiger partial charge in [-0.2, -0.15) is 0 Å². The molecule has 0 aromatic heterocycles. The fourth-order valence-electron chi connectivity index (χ4n) is 2.13. The summed E-state index contributed by atoms with van der Waals surface area (Å²) in [5.41, 5.74) is -0.00272. The number of rotatable bonds is 13. The Kier molecular flexibility index (Phi) is 11.9. The monoisotopic (exact) mass is 284 g/mol. The second kappa shape index (κ2) is 12.7. The van der Waals surface area contributed by atoms with E-state index in [1.54, 1.807) is 6.08 Å². The number of carbonyl (C=O) groups is 2. The summed E-state index contributed by atoms with van der Waals surface area (Å²) in [6, 6.07) is 0. The summed E-state index contributed by atoms with van der Waals surface area (Å²) in [5.74, 6) is -2.21. The van der Waals surface area contributed by atoms with Crippen LogP contribution in [0.2, 0.25) is 0 Å². The van der Waals surface area contributed by atoms with Gasteiger partial charge in [0.1, 0.15) is 0 Å². The smallest absolute Gasteiger partial charge is 0.331 e. The van der Waals surface area contributed by atoms with Crippen LogP contribution in [0.4, 0.5) is 0 Å². The van der Waals surface area contributed by atoms with Crippen molar-refractivity contribution in [3.8, 4) is 0 Å². The molecular weight excluding hydrogens is 256 g/mol. The van der Waals surface area contributed by atoms with Gasteiger partial charge in [0.05, 0.1) is 6.42 Å². The zero-order valence-corrected chi connectivity index (χ0v) is 12.6. The first kappa shape index (κ1) is 18.7. The Balaban J connectivity index is 3.58. The van der Waals surface area contributed by atoms with Crippen molar-refractivity contribution in [1.29, 1.82) is 0 Å². The molecule has 0 spiro atoms. The van der Waals surface area contributed by atoms with Crippen LogP contribution in [0, 0.1) is 0 Å². The number of aliphatic carboxylic acids is 2. The lowest BCUT2D eigenvalue weighted by Crippen LogP contribution is -2.06. The highest BCUT2D eigenvalue weighted by Crippen LogP contribution is 2.12. The van der Waals surface area contributed by atoms with E-state index in [4.69, 9.17) is 10.2 Å². The van der Waals surface area contributed by atoms with E-state index in [1.165, 1.54) is 44.9 Å². The molecular formula is C16H28O4. The molecule has 0 saturated heterocycles. The van der Waals surface area contributed by atoms with Gasteiger partial charge in [0.25, 0.3) is 0 Å². The predicted octanol–water partition coefficient (Wildman–Crippen LogP) is 4.39. The summed E-state index contributed by atoms with van der Waals surface area (Å²) in [6.07, 6.45) is 12.8. The summed E-state index contributed by atoms with van der Waals surface area (Å²) in [6.45, 7) is 2.21. The number of carboxylic acid groups (broad SMARTS) is 2.